The molecule has 0 aliphatic carbocycles. The van der Waals surface area contributed by atoms with Crippen molar-refractivity contribution in [2.75, 3.05) is 6.61 Å². The van der Waals surface area contributed by atoms with Gasteiger partial charge in [-0.2, -0.15) is 0 Å². The fourth-order valence-corrected chi connectivity index (χ4v) is 2.70. The Balaban J connectivity index is 4.39. The summed E-state index contributed by atoms with van der Waals surface area (Å²) < 4.78 is 0. The first-order valence-electron chi connectivity index (χ1n) is 6.79. The molecule has 0 aromatic carbocycles. The van der Waals surface area contributed by atoms with Crippen LogP contribution in [0.1, 0.15) is 67.7 Å². The molecule has 0 aliphatic rings. The maximum Gasteiger partial charge on any atom is 0.220 e. The lowest BCUT2D eigenvalue weighted by atomic mass is 9.74. The van der Waals surface area contributed by atoms with Crippen molar-refractivity contribution in [3.05, 3.63) is 0 Å². The molecule has 3 nitrogen and oxygen atoms in total. The third kappa shape index (κ3) is 8.51. The summed E-state index contributed by atoms with van der Waals surface area (Å²) in [6.07, 6.45) is 2.12. The highest BCUT2D eigenvalue weighted by atomic mass is 16.3. The largest absolute Gasteiger partial charge is 0.396 e. The zero-order chi connectivity index (χ0) is 14.6. The van der Waals surface area contributed by atoms with Crippen LogP contribution in [0.4, 0.5) is 0 Å². The molecule has 0 atom stereocenters. The Morgan fingerprint density at radius 1 is 1.06 bits per heavy atom. The lowest BCUT2D eigenvalue weighted by Crippen LogP contribution is -2.45. The van der Waals surface area contributed by atoms with Crippen molar-refractivity contribution in [1.82, 2.24) is 5.32 Å². The lowest BCUT2D eigenvalue weighted by Gasteiger charge is -2.33. The highest BCUT2D eigenvalue weighted by Crippen LogP contribution is 2.35. The third-order valence-electron chi connectivity index (χ3n) is 2.86. The Bertz CT molecular complexity index is 275. The summed E-state index contributed by atoms with van der Waals surface area (Å²) in [5.41, 5.74) is -0.105. The highest BCUT2D eigenvalue weighted by Gasteiger charge is 2.29. The van der Waals surface area contributed by atoms with Gasteiger partial charge in [0, 0.05) is 18.6 Å². The Kier molecular flexibility index (Phi) is 5.86. The van der Waals surface area contributed by atoms with Gasteiger partial charge in [0.2, 0.25) is 5.91 Å². The topological polar surface area (TPSA) is 49.3 Å². The smallest absolute Gasteiger partial charge is 0.220 e. The molecule has 108 valence electrons. The average molecular weight is 257 g/mol. The van der Waals surface area contributed by atoms with E-state index in [4.69, 9.17) is 5.11 Å². The molecule has 2 N–H and O–H groups in total. The monoisotopic (exact) mass is 257 g/mol. The van der Waals surface area contributed by atoms with E-state index < -0.39 is 0 Å². The van der Waals surface area contributed by atoms with E-state index in [0.717, 1.165) is 6.42 Å². The van der Waals surface area contributed by atoms with Gasteiger partial charge in [0.1, 0.15) is 0 Å². The first-order chi connectivity index (χ1) is 7.87. The summed E-state index contributed by atoms with van der Waals surface area (Å²) in [7, 11) is 0. The van der Waals surface area contributed by atoms with E-state index in [-0.39, 0.29) is 28.9 Å². The van der Waals surface area contributed by atoms with Gasteiger partial charge in [0.25, 0.3) is 0 Å². The number of amides is 1. The number of nitrogens with one attached hydrogen (secondary N) is 1. The molecule has 3 heteroatoms. The summed E-state index contributed by atoms with van der Waals surface area (Å²) in [5, 5.41) is 11.9. The fraction of sp³-hybridized carbons (Fsp3) is 0.933. The molecule has 0 rings (SSSR count). The van der Waals surface area contributed by atoms with E-state index in [1.165, 1.54) is 0 Å². The maximum atomic E-state index is 12.0. The quantitative estimate of drug-likeness (QED) is 0.768. The van der Waals surface area contributed by atoms with Crippen molar-refractivity contribution >= 4 is 5.91 Å². The standard InChI is InChI=1S/C15H31NO2/c1-13(2,3)11-14(4,5)10-12(18)16-15(6,7)8-9-17/h17H,8-11H2,1-7H3,(H,16,18). The molecule has 1 amide bonds. The number of hydrogen-bond donors (Lipinski definition) is 2. The van der Waals surface area contributed by atoms with Crippen LogP contribution < -0.4 is 5.32 Å². The molecule has 0 saturated heterocycles. The van der Waals surface area contributed by atoms with Gasteiger partial charge in [-0.1, -0.05) is 34.6 Å². The van der Waals surface area contributed by atoms with Gasteiger partial charge >= 0.3 is 0 Å². The summed E-state index contributed by atoms with van der Waals surface area (Å²) in [5.74, 6) is 0.0719. The molecule has 0 spiro atoms. The van der Waals surface area contributed by atoms with Gasteiger partial charge in [-0.3, -0.25) is 4.79 Å². The Hall–Kier alpha value is -0.570. The van der Waals surface area contributed by atoms with Gasteiger partial charge in [0.05, 0.1) is 0 Å². The van der Waals surface area contributed by atoms with Gasteiger partial charge in [-0.05, 0) is 37.5 Å². The SMILES string of the molecule is CC(C)(C)CC(C)(C)CC(=O)NC(C)(C)CCO. The molecule has 0 fully saturated rings. The van der Waals surface area contributed by atoms with Crippen molar-refractivity contribution in [3.63, 3.8) is 0 Å². The molecule has 0 unspecified atom stereocenters. The highest BCUT2D eigenvalue weighted by molar-refractivity contribution is 5.77. The molecular weight excluding hydrogens is 226 g/mol. The normalized spacial score (nSPS) is 13.6. The van der Waals surface area contributed by atoms with Gasteiger partial charge < -0.3 is 10.4 Å². The van der Waals surface area contributed by atoms with Gasteiger partial charge in [-0.15, -0.1) is 0 Å². The average Bonchev–Trinajstić information content (AvgIpc) is 1.93. The minimum absolute atomic E-state index is 0.00235. The molecule has 0 bridgehead atoms. The van der Waals surface area contributed by atoms with E-state index in [9.17, 15) is 4.79 Å². The molecule has 0 aromatic heterocycles. The number of rotatable bonds is 6. The molecule has 0 heterocycles. The summed E-state index contributed by atoms with van der Waals surface area (Å²) in [6, 6.07) is 0. The Morgan fingerprint density at radius 3 is 1.94 bits per heavy atom. The van der Waals surface area contributed by atoms with Crippen LogP contribution in [0.25, 0.3) is 0 Å². The molecular formula is C15H31NO2. The summed E-state index contributed by atoms with van der Waals surface area (Å²) in [4.78, 5) is 12.0. The second kappa shape index (κ2) is 6.05. The van der Waals surface area contributed by atoms with Crippen molar-refractivity contribution in [2.45, 2.75) is 73.3 Å². The maximum absolute atomic E-state index is 12.0. The second-order valence-corrected chi connectivity index (χ2v) is 7.98. The Labute approximate surface area is 112 Å². The van der Waals surface area contributed by atoms with Crippen LogP contribution in [-0.4, -0.2) is 23.2 Å². The van der Waals surface area contributed by atoms with Gasteiger partial charge in [0.15, 0.2) is 0 Å². The predicted molar refractivity (Wildman–Crippen MR) is 76.4 cm³/mol. The summed E-state index contributed by atoms with van der Waals surface area (Å²) >= 11 is 0. The molecule has 0 aliphatic heterocycles. The first kappa shape index (κ1) is 17.4. The second-order valence-electron chi connectivity index (χ2n) is 7.98. The van der Waals surface area contributed by atoms with Crippen LogP contribution in [0, 0.1) is 10.8 Å². The van der Waals surface area contributed by atoms with E-state index in [2.05, 4.69) is 39.9 Å². The van der Waals surface area contributed by atoms with Gasteiger partial charge in [-0.25, -0.2) is 0 Å². The Morgan fingerprint density at radius 2 is 1.56 bits per heavy atom. The van der Waals surface area contributed by atoms with Crippen LogP contribution in [-0.2, 0) is 4.79 Å². The van der Waals surface area contributed by atoms with Crippen LogP contribution in [0.3, 0.4) is 0 Å². The van der Waals surface area contributed by atoms with Crippen molar-refractivity contribution in [2.24, 2.45) is 10.8 Å². The van der Waals surface area contributed by atoms with Crippen molar-refractivity contribution in [1.29, 1.82) is 0 Å². The van der Waals surface area contributed by atoms with Crippen LogP contribution in [0.5, 0.6) is 0 Å². The third-order valence-corrected chi connectivity index (χ3v) is 2.86. The zero-order valence-electron chi connectivity index (χ0n) is 13.2. The van der Waals surface area contributed by atoms with Crippen LogP contribution in [0.2, 0.25) is 0 Å². The number of hydrogen-bond acceptors (Lipinski definition) is 2. The number of carbonyl (C=O) groups is 1. The summed E-state index contributed by atoms with van der Waals surface area (Å²) in [6.45, 7) is 14.8. The van der Waals surface area contributed by atoms with E-state index in [1.54, 1.807) is 0 Å². The zero-order valence-corrected chi connectivity index (χ0v) is 13.2. The predicted octanol–water partition coefficient (Wildman–Crippen LogP) is 3.12. The van der Waals surface area contributed by atoms with Crippen LogP contribution >= 0.6 is 0 Å². The molecule has 0 radical (unpaired) electrons. The van der Waals surface area contributed by atoms with E-state index >= 15 is 0 Å². The van der Waals surface area contributed by atoms with E-state index in [0.29, 0.717) is 12.8 Å². The minimum atomic E-state index is -0.330. The molecule has 0 saturated carbocycles. The van der Waals surface area contributed by atoms with Crippen molar-refractivity contribution < 1.29 is 9.90 Å². The molecule has 0 aromatic rings. The van der Waals surface area contributed by atoms with Crippen molar-refractivity contribution in [3.8, 4) is 0 Å². The lowest BCUT2D eigenvalue weighted by molar-refractivity contribution is -0.125. The molecule has 18 heavy (non-hydrogen) atoms. The van der Waals surface area contributed by atoms with E-state index in [1.807, 2.05) is 13.8 Å². The number of aliphatic hydroxyl groups is 1. The van der Waals surface area contributed by atoms with Crippen LogP contribution in [0.15, 0.2) is 0 Å². The number of carbonyl (C=O) groups excluding carboxylic acids is 1. The number of aliphatic hydroxyl groups excluding tert-OH is 1. The minimum Gasteiger partial charge on any atom is -0.396 e. The first-order valence-corrected chi connectivity index (χ1v) is 6.79. The fourth-order valence-electron chi connectivity index (χ4n) is 2.70.